The van der Waals surface area contributed by atoms with Crippen molar-refractivity contribution >= 4 is 23.5 Å². The second-order valence-electron chi connectivity index (χ2n) is 8.78. The standard InChI is InChI=1S/C26H29N3O4/c30-23-15-14-22(29(23)17-19-10-5-2-6-11-19)25(32)28-21(16-18-8-3-1-4-9-18)24(31)26(33)27-20-12-7-13-20/h1-6,8-11,20-22H,7,12-17H2,(H,27,33)(H,28,32)/t21?,22-/m0/s1. The molecule has 1 aliphatic heterocycles. The van der Waals surface area contributed by atoms with Crippen LogP contribution in [0.1, 0.15) is 43.2 Å². The van der Waals surface area contributed by atoms with Gasteiger partial charge in [0.25, 0.3) is 5.91 Å². The van der Waals surface area contributed by atoms with Crippen molar-refractivity contribution in [1.29, 1.82) is 0 Å². The molecule has 2 atom stereocenters. The molecule has 2 aromatic rings. The molecule has 0 spiro atoms. The summed E-state index contributed by atoms with van der Waals surface area (Å²) in [5, 5.41) is 5.56. The average molecular weight is 448 g/mol. The number of Topliss-reactive ketones (excluding diaryl/α,β-unsaturated/α-hetero) is 1. The van der Waals surface area contributed by atoms with E-state index in [4.69, 9.17) is 0 Å². The summed E-state index contributed by atoms with van der Waals surface area (Å²) in [5.74, 6) is -1.81. The van der Waals surface area contributed by atoms with Crippen LogP contribution in [0.15, 0.2) is 60.7 Å². The van der Waals surface area contributed by atoms with Crippen molar-refractivity contribution < 1.29 is 19.2 Å². The second-order valence-corrected chi connectivity index (χ2v) is 8.78. The fraction of sp³-hybridized carbons (Fsp3) is 0.385. The van der Waals surface area contributed by atoms with Gasteiger partial charge in [0.1, 0.15) is 12.1 Å². The largest absolute Gasteiger partial charge is 0.347 e. The predicted molar refractivity (Wildman–Crippen MR) is 123 cm³/mol. The molecule has 1 saturated carbocycles. The van der Waals surface area contributed by atoms with Crippen molar-refractivity contribution in [3.05, 3.63) is 71.8 Å². The number of benzene rings is 2. The molecule has 2 aliphatic rings. The third-order valence-corrected chi connectivity index (χ3v) is 6.41. The Bertz CT molecular complexity index is 1000. The van der Waals surface area contributed by atoms with Crippen LogP contribution in [0.5, 0.6) is 0 Å². The van der Waals surface area contributed by atoms with Gasteiger partial charge in [0.2, 0.25) is 17.6 Å². The van der Waals surface area contributed by atoms with E-state index < -0.39 is 29.7 Å². The van der Waals surface area contributed by atoms with Gasteiger partial charge < -0.3 is 15.5 Å². The Morgan fingerprint density at radius 3 is 2.15 bits per heavy atom. The first-order valence-electron chi connectivity index (χ1n) is 11.5. The molecule has 0 radical (unpaired) electrons. The zero-order chi connectivity index (χ0) is 23.2. The van der Waals surface area contributed by atoms with Crippen LogP contribution in [0.2, 0.25) is 0 Å². The highest BCUT2D eigenvalue weighted by Crippen LogP contribution is 2.22. The maximum Gasteiger partial charge on any atom is 0.289 e. The number of ketones is 1. The lowest BCUT2D eigenvalue weighted by Crippen LogP contribution is -2.54. The second kappa shape index (κ2) is 10.4. The Morgan fingerprint density at radius 2 is 1.55 bits per heavy atom. The third-order valence-electron chi connectivity index (χ3n) is 6.41. The molecule has 4 rings (SSSR count). The van der Waals surface area contributed by atoms with Gasteiger partial charge in [-0.2, -0.15) is 0 Å². The first-order valence-corrected chi connectivity index (χ1v) is 11.5. The summed E-state index contributed by atoms with van der Waals surface area (Å²) in [7, 11) is 0. The van der Waals surface area contributed by atoms with Gasteiger partial charge >= 0.3 is 0 Å². The molecule has 1 saturated heterocycles. The minimum Gasteiger partial charge on any atom is -0.347 e. The molecule has 172 valence electrons. The molecule has 3 amide bonds. The maximum absolute atomic E-state index is 13.2. The molecule has 2 N–H and O–H groups in total. The average Bonchev–Trinajstić information content (AvgIpc) is 3.16. The van der Waals surface area contributed by atoms with E-state index in [1.54, 1.807) is 4.90 Å². The van der Waals surface area contributed by atoms with Crippen LogP contribution in [0.4, 0.5) is 0 Å². The molecule has 0 aromatic heterocycles. The van der Waals surface area contributed by atoms with Gasteiger partial charge in [-0.3, -0.25) is 19.2 Å². The summed E-state index contributed by atoms with van der Waals surface area (Å²) in [5.41, 5.74) is 1.78. The summed E-state index contributed by atoms with van der Waals surface area (Å²) in [6.07, 6.45) is 3.66. The zero-order valence-corrected chi connectivity index (χ0v) is 18.5. The van der Waals surface area contributed by atoms with Gasteiger partial charge in [0, 0.05) is 25.4 Å². The number of carbonyl (C=O) groups excluding carboxylic acids is 4. The fourth-order valence-electron chi connectivity index (χ4n) is 4.28. The van der Waals surface area contributed by atoms with E-state index >= 15 is 0 Å². The van der Waals surface area contributed by atoms with Crippen molar-refractivity contribution in [2.45, 2.75) is 63.2 Å². The van der Waals surface area contributed by atoms with Crippen molar-refractivity contribution in [3.8, 4) is 0 Å². The minimum atomic E-state index is -0.991. The lowest BCUT2D eigenvalue weighted by molar-refractivity contribution is -0.142. The van der Waals surface area contributed by atoms with Gasteiger partial charge in [-0.05, 0) is 36.8 Å². The molecule has 0 bridgehead atoms. The Hall–Kier alpha value is -3.48. The Morgan fingerprint density at radius 1 is 0.909 bits per heavy atom. The Balaban J connectivity index is 1.47. The van der Waals surface area contributed by atoms with Crippen molar-refractivity contribution in [2.75, 3.05) is 0 Å². The molecular weight excluding hydrogens is 418 g/mol. The van der Waals surface area contributed by atoms with Crippen molar-refractivity contribution in [2.24, 2.45) is 0 Å². The highest BCUT2D eigenvalue weighted by atomic mass is 16.2. The van der Waals surface area contributed by atoms with Crippen LogP contribution < -0.4 is 10.6 Å². The van der Waals surface area contributed by atoms with Crippen LogP contribution in [0.3, 0.4) is 0 Å². The summed E-state index contributed by atoms with van der Waals surface area (Å²) < 4.78 is 0. The molecule has 2 fully saturated rings. The van der Waals surface area contributed by atoms with Gasteiger partial charge in [-0.15, -0.1) is 0 Å². The van der Waals surface area contributed by atoms with E-state index in [2.05, 4.69) is 10.6 Å². The molecule has 2 aromatic carbocycles. The number of amides is 3. The first-order chi connectivity index (χ1) is 16.0. The van der Waals surface area contributed by atoms with Crippen LogP contribution >= 0.6 is 0 Å². The Kier molecular flexibility index (Phi) is 7.17. The van der Waals surface area contributed by atoms with Gasteiger partial charge in [-0.25, -0.2) is 0 Å². The summed E-state index contributed by atoms with van der Waals surface area (Å²) >= 11 is 0. The molecule has 7 heteroatoms. The molecule has 1 unspecified atom stereocenters. The SMILES string of the molecule is O=C(NC1CCC1)C(=O)C(Cc1ccccc1)NC(=O)[C@@H]1CCC(=O)N1Cc1ccccc1. The quantitative estimate of drug-likeness (QED) is 0.576. The predicted octanol–water partition coefficient (Wildman–Crippen LogP) is 2.14. The number of rotatable bonds is 9. The van der Waals surface area contributed by atoms with Crippen LogP contribution in [-0.2, 0) is 32.1 Å². The van der Waals surface area contributed by atoms with E-state index in [9.17, 15) is 19.2 Å². The topological polar surface area (TPSA) is 95.6 Å². The lowest BCUT2D eigenvalue weighted by atomic mass is 9.92. The molecular formula is C26H29N3O4. The van der Waals surface area contributed by atoms with Crippen LogP contribution in [0.25, 0.3) is 0 Å². The van der Waals surface area contributed by atoms with E-state index in [1.807, 2.05) is 60.7 Å². The van der Waals surface area contributed by atoms with E-state index in [1.165, 1.54) is 0 Å². The van der Waals surface area contributed by atoms with E-state index in [0.717, 1.165) is 30.4 Å². The number of nitrogens with zero attached hydrogens (tertiary/aromatic N) is 1. The number of hydrogen-bond donors (Lipinski definition) is 2. The number of carbonyl (C=O) groups is 4. The molecule has 7 nitrogen and oxygen atoms in total. The molecule has 1 heterocycles. The number of nitrogens with one attached hydrogen (secondary N) is 2. The lowest BCUT2D eigenvalue weighted by Gasteiger charge is -2.28. The minimum absolute atomic E-state index is 0.0309. The van der Waals surface area contributed by atoms with Crippen LogP contribution in [0, 0.1) is 0 Å². The normalized spacial score (nSPS) is 19.0. The van der Waals surface area contributed by atoms with Gasteiger partial charge in [0.15, 0.2) is 0 Å². The summed E-state index contributed by atoms with van der Waals surface area (Å²) in [4.78, 5) is 52.8. The summed E-state index contributed by atoms with van der Waals surface area (Å²) in [6, 6.07) is 17.2. The summed E-state index contributed by atoms with van der Waals surface area (Å²) in [6.45, 7) is 0.331. The van der Waals surface area contributed by atoms with Gasteiger partial charge in [-0.1, -0.05) is 60.7 Å². The monoisotopic (exact) mass is 447 g/mol. The van der Waals surface area contributed by atoms with Crippen molar-refractivity contribution in [3.63, 3.8) is 0 Å². The highest BCUT2D eigenvalue weighted by molar-refractivity contribution is 6.38. The zero-order valence-electron chi connectivity index (χ0n) is 18.5. The Labute approximate surface area is 193 Å². The highest BCUT2D eigenvalue weighted by Gasteiger charge is 2.38. The van der Waals surface area contributed by atoms with Gasteiger partial charge in [0.05, 0.1) is 0 Å². The molecule has 33 heavy (non-hydrogen) atoms. The van der Waals surface area contributed by atoms with E-state index in [-0.39, 0.29) is 24.8 Å². The maximum atomic E-state index is 13.2. The smallest absolute Gasteiger partial charge is 0.289 e. The fourth-order valence-corrected chi connectivity index (χ4v) is 4.28. The molecule has 1 aliphatic carbocycles. The first kappa shape index (κ1) is 22.7. The van der Waals surface area contributed by atoms with E-state index in [0.29, 0.717) is 13.0 Å². The van der Waals surface area contributed by atoms with Crippen molar-refractivity contribution in [1.82, 2.24) is 15.5 Å². The van der Waals surface area contributed by atoms with Crippen LogP contribution in [-0.4, -0.2) is 46.5 Å². The third kappa shape index (κ3) is 5.66. The number of likely N-dealkylation sites (tertiary alicyclic amines) is 1. The number of hydrogen-bond acceptors (Lipinski definition) is 4.